The summed E-state index contributed by atoms with van der Waals surface area (Å²) in [4.78, 5) is 14.2. The number of nitrogens with zero attached hydrogens (tertiary/aromatic N) is 1. The minimum absolute atomic E-state index is 0.0406. The molecule has 0 radical (unpaired) electrons. The van der Waals surface area contributed by atoms with Gasteiger partial charge in [0.15, 0.2) is 0 Å². The first kappa shape index (κ1) is 15.9. The summed E-state index contributed by atoms with van der Waals surface area (Å²) in [6.07, 6.45) is 0.337. The summed E-state index contributed by atoms with van der Waals surface area (Å²) in [7, 11) is 0. The van der Waals surface area contributed by atoms with E-state index in [1.54, 1.807) is 0 Å². The molecule has 1 saturated heterocycles. The van der Waals surface area contributed by atoms with Crippen LogP contribution >= 0.6 is 0 Å². The van der Waals surface area contributed by atoms with Crippen LogP contribution in [0.15, 0.2) is 24.3 Å². The van der Waals surface area contributed by atoms with E-state index >= 15 is 0 Å². The quantitative estimate of drug-likeness (QED) is 0.867. The topological polar surface area (TPSA) is 67.6 Å². The highest BCUT2D eigenvalue weighted by atomic mass is 16.5. The second kappa shape index (κ2) is 7.54. The summed E-state index contributed by atoms with van der Waals surface area (Å²) < 4.78 is 5.39. The van der Waals surface area contributed by atoms with Crippen molar-refractivity contribution in [3.63, 3.8) is 0 Å². The number of carbonyl (C=O) groups is 1. The Bertz CT molecular complexity index is 470. The van der Waals surface area contributed by atoms with Crippen molar-refractivity contribution in [3.05, 3.63) is 29.8 Å². The lowest BCUT2D eigenvalue weighted by Gasteiger charge is -2.32. The summed E-state index contributed by atoms with van der Waals surface area (Å²) in [5.74, 6) is -0.0406. The lowest BCUT2D eigenvalue weighted by atomic mass is 10.1. The van der Waals surface area contributed by atoms with Crippen LogP contribution in [-0.4, -0.2) is 43.2 Å². The number of rotatable bonds is 5. The second-order valence-electron chi connectivity index (χ2n) is 5.68. The first-order valence-corrected chi connectivity index (χ1v) is 7.53. The van der Waals surface area contributed by atoms with Crippen LogP contribution < -0.4 is 11.1 Å². The molecule has 1 heterocycles. The van der Waals surface area contributed by atoms with E-state index in [1.807, 2.05) is 25.1 Å². The molecule has 1 fully saturated rings. The molecule has 5 nitrogen and oxygen atoms in total. The van der Waals surface area contributed by atoms with E-state index in [1.165, 1.54) is 5.56 Å². The van der Waals surface area contributed by atoms with Crippen LogP contribution in [0.2, 0.25) is 0 Å². The Kier molecular flexibility index (Phi) is 5.73. The van der Waals surface area contributed by atoms with Gasteiger partial charge in [-0.2, -0.15) is 0 Å². The fourth-order valence-electron chi connectivity index (χ4n) is 2.56. The van der Waals surface area contributed by atoms with Crippen molar-refractivity contribution in [2.75, 3.05) is 31.6 Å². The molecule has 116 valence electrons. The third-order valence-corrected chi connectivity index (χ3v) is 3.75. The van der Waals surface area contributed by atoms with Gasteiger partial charge < -0.3 is 15.8 Å². The Morgan fingerprint density at radius 1 is 1.38 bits per heavy atom. The summed E-state index contributed by atoms with van der Waals surface area (Å²) in [5.41, 5.74) is 7.68. The van der Waals surface area contributed by atoms with Gasteiger partial charge in [0.05, 0.1) is 13.2 Å². The van der Waals surface area contributed by atoms with E-state index in [0.29, 0.717) is 12.5 Å². The number of hydrogen-bond acceptors (Lipinski definition) is 4. The Morgan fingerprint density at radius 3 is 2.76 bits per heavy atom. The maximum atomic E-state index is 11.8. The normalized spacial score (nSPS) is 19.0. The molecule has 1 aliphatic rings. The fourth-order valence-corrected chi connectivity index (χ4v) is 2.56. The molecular formula is C16H25N3O2. The Hall–Kier alpha value is -1.43. The van der Waals surface area contributed by atoms with E-state index in [2.05, 4.69) is 23.2 Å². The Morgan fingerprint density at radius 2 is 2.10 bits per heavy atom. The van der Waals surface area contributed by atoms with Gasteiger partial charge in [0.25, 0.3) is 0 Å². The summed E-state index contributed by atoms with van der Waals surface area (Å²) >= 11 is 0. The van der Waals surface area contributed by atoms with E-state index in [9.17, 15) is 4.79 Å². The molecule has 2 rings (SSSR count). The maximum Gasteiger partial charge on any atom is 0.225 e. The monoisotopic (exact) mass is 291 g/mol. The summed E-state index contributed by atoms with van der Waals surface area (Å²) in [6.45, 7) is 7.49. The van der Waals surface area contributed by atoms with Crippen molar-refractivity contribution in [1.29, 1.82) is 0 Å². The highest BCUT2D eigenvalue weighted by molar-refractivity contribution is 5.91. The highest BCUT2D eigenvalue weighted by Crippen LogP contribution is 2.23. The third kappa shape index (κ3) is 4.81. The van der Waals surface area contributed by atoms with Gasteiger partial charge in [-0.25, -0.2) is 0 Å². The van der Waals surface area contributed by atoms with Crippen molar-refractivity contribution < 1.29 is 9.53 Å². The zero-order valence-electron chi connectivity index (χ0n) is 12.8. The molecule has 0 saturated carbocycles. The van der Waals surface area contributed by atoms with E-state index < -0.39 is 0 Å². The van der Waals surface area contributed by atoms with Crippen molar-refractivity contribution in [2.24, 2.45) is 5.73 Å². The van der Waals surface area contributed by atoms with Gasteiger partial charge in [0, 0.05) is 37.3 Å². The van der Waals surface area contributed by atoms with Crippen LogP contribution in [0.3, 0.4) is 0 Å². The van der Waals surface area contributed by atoms with Gasteiger partial charge in [-0.15, -0.1) is 0 Å². The number of carbonyl (C=O) groups excluding carboxylic acids is 1. The molecule has 1 amide bonds. The SMILES string of the molecule is CC(N)CC(=O)Nc1cccc(C(C)N2CCOCC2)c1. The number of ether oxygens (including phenoxy) is 1. The van der Waals surface area contributed by atoms with Crippen LogP contribution in [0.4, 0.5) is 5.69 Å². The highest BCUT2D eigenvalue weighted by Gasteiger charge is 2.18. The molecule has 2 atom stereocenters. The van der Waals surface area contributed by atoms with Crippen molar-refractivity contribution in [1.82, 2.24) is 4.90 Å². The zero-order valence-corrected chi connectivity index (χ0v) is 12.8. The lowest BCUT2D eigenvalue weighted by Crippen LogP contribution is -2.38. The molecule has 21 heavy (non-hydrogen) atoms. The lowest BCUT2D eigenvalue weighted by molar-refractivity contribution is -0.116. The second-order valence-corrected chi connectivity index (χ2v) is 5.68. The number of amides is 1. The van der Waals surface area contributed by atoms with Gasteiger partial charge >= 0.3 is 0 Å². The van der Waals surface area contributed by atoms with E-state index in [-0.39, 0.29) is 11.9 Å². The largest absolute Gasteiger partial charge is 0.379 e. The number of nitrogens with one attached hydrogen (secondary N) is 1. The van der Waals surface area contributed by atoms with Crippen molar-refractivity contribution >= 4 is 11.6 Å². The Balaban J connectivity index is 2.01. The van der Waals surface area contributed by atoms with Gasteiger partial charge in [0.1, 0.15) is 0 Å². The average molecular weight is 291 g/mol. The summed E-state index contributed by atoms with van der Waals surface area (Å²) in [6, 6.07) is 8.22. The van der Waals surface area contributed by atoms with Crippen LogP contribution in [0, 0.1) is 0 Å². The standard InChI is InChI=1S/C16H25N3O2/c1-12(17)10-16(20)18-15-5-3-4-14(11-15)13(2)19-6-8-21-9-7-19/h3-5,11-13H,6-10,17H2,1-2H3,(H,18,20). The third-order valence-electron chi connectivity index (χ3n) is 3.75. The molecule has 5 heteroatoms. The maximum absolute atomic E-state index is 11.8. The van der Waals surface area contributed by atoms with Crippen molar-refractivity contribution in [2.45, 2.75) is 32.4 Å². The minimum Gasteiger partial charge on any atom is -0.379 e. The molecule has 1 aromatic rings. The zero-order chi connectivity index (χ0) is 15.2. The molecule has 0 aromatic heterocycles. The summed E-state index contributed by atoms with van der Waals surface area (Å²) in [5, 5.41) is 2.91. The molecule has 0 aliphatic carbocycles. The molecule has 1 aliphatic heterocycles. The van der Waals surface area contributed by atoms with Crippen LogP contribution in [0.5, 0.6) is 0 Å². The van der Waals surface area contributed by atoms with Crippen LogP contribution in [-0.2, 0) is 9.53 Å². The number of nitrogens with two attached hydrogens (primary N) is 1. The van der Waals surface area contributed by atoms with Gasteiger partial charge in [-0.3, -0.25) is 9.69 Å². The van der Waals surface area contributed by atoms with Crippen molar-refractivity contribution in [3.8, 4) is 0 Å². The average Bonchev–Trinajstić information content (AvgIpc) is 2.46. The number of hydrogen-bond donors (Lipinski definition) is 2. The van der Waals surface area contributed by atoms with Crippen LogP contribution in [0.1, 0.15) is 31.9 Å². The van der Waals surface area contributed by atoms with E-state index in [0.717, 1.165) is 32.0 Å². The predicted octanol–water partition coefficient (Wildman–Crippen LogP) is 1.76. The van der Waals surface area contributed by atoms with Gasteiger partial charge in [-0.1, -0.05) is 12.1 Å². The Labute approximate surface area is 126 Å². The predicted molar refractivity (Wildman–Crippen MR) is 84.1 cm³/mol. The number of morpholine rings is 1. The molecule has 3 N–H and O–H groups in total. The first-order valence-electron chi connectivity index (χ1n) is 7.53. The number of benzene rings is 1. The smallest absolute Gasteiger partial charge is 0.225 e. The first-order chi connectivity index (χ1) is 10.1. The van der Waals surface area contributed by atoms with Gasteiger partial charge in [0.2, 0.25) is 5.91 Å². The van der Waals surface area contributed by atoms with Crippen LogP contribution in [0.25, 0.3) is 0 Å². The molecule has 1 aromatic carbocycles. The molecule has 0 bridgehead atoms. The van der Waals surface area contributed by atoms with Gasteiger partial charge in [-0.05, 0) is 31.5 Å². The fraction of sp³-hybridized carbons (Fsp3) is 0.562. The minimum atomic E-state index is -0.125. The molecular weight excluding hydrogens is 266 g/mol. The molecule has 0 spiro atoms. The van der Waals surface area contributed by atoms with E-state index in [4.69, 9.17) is 10.5 Å². The molecule has 2 unspecified atom stereocenters. The number of anilines is 1.